The molecule has 1 aromatic carbocycles. The van der Waals surface area contributed by atoms with Crippen LogP contribution in [0.1, 0.15) is 26.3 Å². The maximum absolute atomic E-state index is 12.9. The first-order chi connectivity index (χ1) is 11.0. The quantitative estimate of drug-likeness (QED) is 0.618. The van der Waals surface area contributed by atoms with Gasteiger partial charge in [-0.05, 0) is 38.5 Å². The summed E-state index contributed by atoms with van der Waals surface area (Å²) in [5.41, 5.74) is 0.922. The molecule has 1 aromatic rings. The second-order valence-electron chi connectivity index (χ2n) is 5.22. The number of aliphatic imine (C=N–C) groups is 1. The molecule has 23 heavy (non-hydrogen) atoms. The number of carbonyl (C=O) groups excluding carboxylic acids is 1. The molecule has 0 unspecified atom stereocenters. The summed E-state index contributed by atoms with van der Waals surface area (Å²) in [7, 11) is 1.84. The average Bonchev–Trinajstić information content (AvgIpc) is 2.54. The van der Waals surface area contributed by atoms with Crippen LogP contribution in [0.25, 0.3) is 0 Å². The predicted molar refractivity (Wildman–Crippen MR) is 91.8 cm³/mol. The van der Waals surface area contributed by atoms with E-state index in [2.05, 4.69) is 10.3 Å². The number of nitrogens with one attached hydrogen (secondary N) is 1. The lowest BCUT2D eigenvalue weighted by molar-refractivity contribution is -0.131. The van der Waals surface area contributed by atoms with Crippen molar-refractivity contribution < 1.29 is 9.18 Å². The van der Waals surface area contributed by atoms with Crippen LogP contribution in [0.3, 0.4) is 0 Å². The molecular weight excluding hydrogens is 295 g/mol. The lowest BCUT2D eigenvalue weighted by Crippen LogP contribution is -2.45. The molecule has 0 atom stereocenters. The molecule has 0 bridgehead atoms. The minimum absolute atomic E-state index is 0.0740. The molecule has 0 saturated carbocycles. The molecule has 6 heteroatoms. The zero-order chi connectivity index (χ0) is 17.2. The lowest BCUT2D eigenvalue weighted by Gasteiger charge is -2.25. The van der Waals surface area contributed by atoms with Crippen LogP contribution >= 0.6 is 0 Å². The summed E-state index contributed by atoms with van der Waals surface area (Å²) in [5, 5.41) is 3.18. The molecule has 128 valence electrons. The average molecular weight is 322 g/mol. The summed E-state index contributed by atoms with van der Waals surface area (Å²) in [6.07, 6.45) is 0. The van der Waals surface area contributed by atoms with E-state index in [0.717, 1.165) is 5.56 Å². The molecule has 0 fully saturated rings. The highest BCUT2D eigenvalue weighted by molar-refractivity contribution is 5.86. The Morgan fingerprint density at radius 3 is 2.30 bits per heavy atom. The maximum atomic E-state index is 12.9. The molecular formula is C17H27FN4O. The van der Waals surface area contributed by atoms with Crippen molar-refractivity contribution in [3.05, 3.63) is 35.6 Å². The molecule has 0 heterocycles. The lowest BCUT2D eigenvalue weighted by atomic mass is 10.2. The summed E-state index contributed by atoms with van der Waals surface area (Å²) < 4.78 is 12.9. The number of amides is 1. The molecule has 0 radical (unpaired) electrons. The van der Waals surface area contributed by atoms with Gasteiger partial charge in [-0.3, -0.25) is 4.79 Å². The van der Waals surface area contributed by atoms with Crippen LogP contribution in [0.2, 0.25) is 0 Å². The van der Waals surface area contributed by atoms with Crippen LogP contribution in [0.4, 0.5) is 4.39 Å². The molecule has 5 nitrogen and oxygen atoms in total. The topological polar surface area (TPSA) is 47.9 Å². The van der Waals surface area contributed by atoms with E-state index in [1.807, 2.05) is 32.7 Å². The van der Waals surface area contributed by atoms with Crippen molar-refractivity contribution in [1.82, 2.24) is 15.1 Å². The van der Waals surface area contributed by atoms with E-state index in [4.69, 9.17) is 0 Å². The Balaban J connectivity index is 2.73. The van der Waals surface area contributed by atoms with Crippen molar-refractivity contribution in [2.24, 2.45) is 4.99 Å². The van der Waals surface area contributed by atoms with Gasteiger partial charge in [0.05, 0.1) is 13.1 Å². The summed E-state index contributed by atoms with van der Waals surface area (Å²) in [6.45, 7) is 8.74. The number of guanidine groups is 1. The van der Waals surface area contributed by atoms with Crippen LogP contribution in [0, 0.1) is 5.82 Å². The van der Waals surface area contributed by atoms with Crippen molar-refractivity contribution in [3.63, 3.8) is 0 Å². The van der Waals surface area contributed by atoms with Gasteiger partial charge in [0.2, 0.25) is 5.91 Å². The molecule has 0 spiro atoms. The first-order valence-corrected chi connectivity index (χ1v) is 8.03. The van der Waals surface area contributed by atoms with Gasteiger partial charge >= 0.3 is 0 Å². The number of nitrogens with zero attached hydrogens (tertiary/aromatic N) is 3. The molecule has 1 rings (SSSR count). The Labute approximate surface area is 138 Å². The Hall–Kier alpha value is -2.11. The van der Waals surface area contributed by atoms with Gasteiger partial charge in [-0.25, -0.2) is 9.38 Å². The first-order valence-electron chi connectivity index (χ1n) is 8.03. The Kier molecular flexibility index (Phi) is 8.08. The summed E-state index contributed by atoms with van der Waals surface area (Å²) in [5.74, 6) is 0.480. The van der Waals surface area contributed by atoms with Gasteiger partial charge in [0.15, 0.2) is 5.96 Å². The molecule has 0 aliphatic carbocycles. The smallest absolute Gasteiger partial charge is 0.242 e. The van der Waals surface area contributed by atoms with Crippen molar-refractivity contribution in [1.29, 1.82) is 0 Å². The number of hydrogen-bond acceptors (Lipinski definition) is 2. The Bertz CT molecular complexity index is 512. The first kappa shape index (κ1) is 18.9. The van der Waals surface area contributed by atoms with Crippen molar-refractivity contribution >= 4 is 11.9 Å². The third kappa shape index (κ3) is 6.26. The molecule has 0 saturated heterocycles. The summed E-state index contributed by atoms with van der Waals surface area (Å²) >= 11 is 0. The minimum atomic E-state index is -0.258. The van der Waals surface area contributed by atoms with Crippen LogP contribution in [-0.4, -0.2) is 54.9 Å². The number of carbonyl (C=O) groups is 1. The number of benzene rings is 1. The Morgan fingerprint density at radius 2 is 1.78 bits per heavy atom. The fourth-order valence-corrected chi connectivity index (χ4v) is 2.18. The highest BCUT2D eigenvalue weighted by Gasteiger charge is 2.14. The van der Waals surface area contributed by atoms with Crippen LogP contribution < -0.4 is 5.32 Å². The number of hydrogen-bond donors (Lipinski definition) is 1. The number of halogens is 1. The summed E-state index contributed by atoms with van der Waals surface area (Å²) in [6, 6.07) is 6.27. The Morgan fingerprint density at radius 1 is 1.17 bits per heavy atom. The van der Waals surface area contributed by atoms with Gasteiger partial charge in [-0.2, -0.15) is 0 Å². The van der Waals surface area contributed by atoms with Gasteiger partial charge in [0, 0.05) is 26.7 Å². The third-order valence-corrected chi connectivity index (χ3v) is 3.51. The van der Waals surface area contributed by atoms with E-state index in [1.165, 1.54) is 12.1 Å². The van der Waals surface area contributed by atoms with Gasteiger partial charge in [0.25, 0.3) is 0 Å². The largest absolute Gasteiger partial charge is 0.357 e. The third-order valence-electron chi connectivity index (χ3n) is 3.51. The van der Waals surface area contributed by atoms with Gasteiger partial charge in [-0.1, -0.05) is 12.1 Å². The summed E-state index contributed by atoms with van der Waals surface area (Å²) in [4.78, 5) is 20.3. The van der Waals surface area contributed by atoms with Crippen LogP contribution in [-0.2, 0) is 11.3 Å². The predicted octanol–water partition coefficient (Wildman–Crippen LogP) is 2.09. The normalized spacial score (nSPS) is 11.3. The molecule has 1 N–H and O–H groups in total. The monoisotopic (exact) mass is 322 g/mol. The van der Waals surface area contributed by atoms with Gasteiger partial charge in [0.1, 0.15) is 5.82 Å². The van der Waals surface area contributed by atoms with E-state index in [-0.39, 0.29) is 18.3 Å². The fraction of sp³-hybridized carbons (Fsp3) is 0.529. The highest BCUT2D eigenvalue weighted by atomic mass is 19.1. The van der Waals surface area contributed by atoms with Gasteiger partial charge in [-0.15, -0.1) is 0 Å². The van der Waals surface area contributed by atoms with Crippen LogP contribution in [0.15, 0.2) is 29.3 Å². The molecule has 0 aromatic heterocycles. The number of rotatable bonds is 7. The second kappa shape index (κ2) is 9.82. The van der Waals surface area contributed by atoms with E-state index in [0.29, 0.717) is 32.1 Å². The van der Waals surface area contributed by atoms with Crippen molar-refractivity contribution in [2.75, 3.05) is 33.2 Å². The van der Waals surface area contributed by atoms with E-state index < -0.39 is 0 Å². The molecule has 0 aliphatic heterocycles. The second-order valence-corrected chi connectivity index (χ2v) is 5.22. The highest BCUT2D eigenvalue weighted by Crippen LogP contribution is 2.04. The van der Waals surface area contributed by atoms with Crippen molar-refractivity contribution in [2.45, 2.75) is 27.3 Å². The SMILES string of the molecule is CCNC(=NCc1ccc(F)cc1)N(C)CC(=O)N(CC)CC. The standard InChI is InChI=1S/C17H27FN4O/c1-5-19-17(20-12-14-8-10-15(18)11-9-14)21(4)13-16(23)22(6-2)7-3/h8-11H,5-7,12-13H2,1-4H3,(H,19,20). The van der Waals surface area contributed by atoms with E-state index >= 15 is 0 Å². The van der Waals surface area contributed by atoms with E-state index in [9.17, 15) is 9.18 Å². The van der Waals surface area contributed by atoms with Gasteiger partial charge < -0.3 is 15.1 Å². The number of likely N-dealkylation sites (N-methyl/N-ethyl adjacent to an activating group) is 2. The molecule has 0 aliphatic rings. The molecule has 1 amide bonds. The van der Waals surface area contributed by atoms with E-state index in [1.54, 1.807) is 17.0 Å². The fourth-order valence-electron chi connectivity index (χ4n) is 2.18. The van der Waals surface area contributed by atoms with Crippen molar-refractivity contribution in [3.8, 4) is 0 Å². The zero-order valence-electron chi connectivity index (χ0n) is 14.5. The zero-order valence-corrected chi connectivity index (χ0v) is 14.5. The van der Waals surface area contributed by atoms with Crippen LogP contribution in [0.5, 0.6) is 0 Å². The maximum Gasteiger partial charge on any atom is 0.242 e. The minimum Gasteiger partial charge on any atom is -0.357 e.